The fourth-order valence-electron chi connectivity index (χ4n) is 1.13. The van der Waals surface area contributed by atoms with E-state index in [0.29, 0.717) is 0 Å². The van der Waals surface area contributed by atoms with Gasteiger partial charge < -0.3 is 21.1 Å². The van der Waals surface area contributed by atoms with Crippen molar-refractivity contribution in [1.29, 1.82) is 0 Å². The molecule has 6 nitrogen and oxygen atoms in total. The first-order valence-electron chi connectivity index (χ1n) is 3.74. The molecule has 1 unspecified atom stereocenters. The van der Waals surface area contributed by atoms with Gasteiger partial charge in [0.05, 0.1) is 5.57 Å². The molecule has 0 radical (unpaired) electrons. The number of hydrogen-bond acceptors (Lipinski definition) is 4. The number of aliphatic carboxylic acids is 2. The highest BCUT2D eigenvalue weighted by atomic mass is 16.4. The number of carboxylic acids is 2. The molecule has 6 heteroatoms. The maximum atomic E-state index is 10.6. The summed E-state index contributed by atoms with van der Waals surface area (Å²) in [5.74, 6) is -2.70. The van der Waals surface area contributed by atoms with Crippen LogP contribution in [-0.2, 0) is 9.59 Å². The molecule has 0 fully saturated rings. The van der Waals surface area contributed by atoms with Crippen molar-refractivity contribution in [2.75, 3.05) is 0 Å². The van der Waals surface area contributed by atoms with E-state index in [-0.39, 0.29) is 11.3 Å². The molecule has 1 aliphatic carbocycles. The van der Waals surface area contributed by atoms with E-state index in [2.05, 4.69) is 0 Å². The Labute approximate surface area is 79.0 Å². The van der Waals surface area contributed by atoms with Crippen LogP contribution in [0.1, 0.15) is 6.42 Å². The predicted molar refractivity (Wildman–Crippen MR) is 45.2 cm³/mol. The lowest BCUT2D eigenvalue weighted by atomic mass is 9.90. The van der Waals surface area contributed by atoms with E-state index >= 15 is 0 Å². The van der Waals surface area contributed by atoms with Gasteiger partial charge in [0.15, 0.2) is 5.60 Å². The van der Waals surface area contributed by atoms with E-state index in [4.69, 9.17) is 15.9 Å². The van der Waals surface area contributed by atoms with Crippen molar-refractivity contribution in [3.8, 4) is 0 Å². The maximum absolute atomic E-state index is 10.6. The minimum absolute atomic E-state index is 0.148. The molecule has 0 aromatic heterocycles. The van der Waals surface area contributed by atoms with E-state index < -0.39 is 24.0 Å². The summed E-state index contributed by atoms with van der Waals surface area (Å²) < 4.78 is 0. The molecule has 0 saturated heterocycles. The van der Waals surface area contributed by atoms with Crippen LogP contribution in [0, 0.1) is 0 Å². The van der Waals surface area contributed by atoms with Gasteiger partial charge in [-0.2, -0.15) is 0 Å². The van der Waals surface area contributed by atoms with Crippen LogP contribution in [0.4, 0.5) is 0 Å². The molecule has 1 atom stereocenters. The van der Waals surface area contributed by atoms with Crippen LogP contribution >= 0.6 is 0 Å². The third-order valence-electron chi connectivity index (χ3n) is 1.93. The second-order valence-electron chi connectivity index (χ2n) is 2.98. The number of carboxylic acid groups (broad SMARTS) is 2. The zero-order valence-electron chi connectivity index (χ0n) is 7.10. The monoisotopic (exact) mass is 199 g/mol. The van der Waals surface area contributed by atoms with Gasteiger partial charge in [0.2, 0.25) is 0 Å². The second-order valence-corrected chi connectivity index (χ2v) is 2.98. The van der Waals surface area contributed by atoms with Gasteiger partial charge in [-0.05, 0) is 12.2 Å². The molecule has 0 aromatic rings. The van der Waals surface area contributed by atoms with Crippen LogP contribution in [0.5, 0.6) is 0 Å². The first kappa shape index (κ1) is 10.3. The van der Waals surface area contributed by atoms with Crippen LogP contribution in [-0.4, -0.2) is 32.9 Å². The summed E-state index contributed by atoms with van der Waals surface area (Å²) in [7, 11) is 0. The Bertz CT molecular complexity index is 357. The highest BCUT2D eigenvalue weighted by molar-refractivity contribution is 5.92. The quantitative estimate of drug-likeness (QED) is 0.455. The summed E-state index contributed by atoms with van der Waals surface area (Å²) >= 11 is 0. The fourth-order valence-corrected chi connectivity index (χ4v) is 1.13. The smallest absolute Gasteiger partial charge is 0.340 e. The van der Waals surface area contributed by atoms with Crippen LogP contribution < -0.4 is 5.73 Å². The third-order valence-corrected chi connectivity index (χ3v) is 1.93. The van der Waals surface area contributed by atoms with E-state index in [1.165, 1.54) is 0 Å². The number of aliphatic hydroxyl groups is 1. The predicted octanol–water partition coefficient (Wildman–Crippen LogP) is -0.941. The van der Waals surface area contributed by atoms with Crippen molar-refractivity contribution in [3.63, 3.8) is 0 Å². The highest BCUT2D eigenvalue weighted by Gasteiger charge is 2.37. The summed E-state index contributed by atoms with van der Waals surface area (Å²) in [6, 6.07) is 0. The molecule has 0 aromatic carbocycles. The molecule has 0 aliphatic heterocycles. The van der Waals surface area contributed by atoms with Crippen LogP contribution in [0.3, 0.4) is 0 Å². The van der Waals surface area contributed by atoms with Crippen LogP contribution in [0.15, 0.2) is 23.4 Å². The summed E-state index contributed by atoms with van der Waals surface area (Å²) in [5.41, 5.74) is 2.89. The van der Waals surface area contributed by atoms with Gasteiger partial charge in [-0.1, -0.05) is 0 Å². The molecular formula is C8H9NO5. The molecule has 1 rings (SSSR count). The third kappa shape index (κ3) is 1.60. The highest BCUT2D eigenvalue weighted by Crippen LogP contribution is 2.24. The number of rotatable bonds is 2. The zero-order valence-corrected chi connectivity index (χ0v) is 7.10. The molecule has 1 aliphatic rings. The standard InChI is InChI=1S/C8H9NO5/c9-5-3-8(14,7(12)13)2-1-4(5)6(10)11/h1-2,14H,3,9H2,(H,10,11)(H,12,13). The SMILES string of the molecule is NC1=C(C(=O)O)C=CC(O)(C(=O)O)C1. The number of nitrogens with two attached hydrogens (primary N) is 1. The molecule has 14 heavy (non-hydrogen) atoms. The Hall–Kier alpha value is -1.82. The Morgan fingerprint density at radius 2 is 2.00 bits per heavy atom. The van der Waals surface area contributed by atoms with Gasteiger partial charge in [0.1, 0.15) is 0 Å². The molecule has 5 N–H and O–H groups in total. The minimum Gasteiger partial charge on any atom is -0.479 e. The average Bonchev–Trinajstić information content (AvgIpc) is 2.02. The van der Waals surface area contributed by atoms with Crippen molar-refractivity contribution in [2.45, 2.75) is 12.0 Å². The van der Waals surface area contributed by atoms with E-state index in [9.17, 15) is 14.7 Å². The largest absolute Gasteiger partial charge is 0.479 e. The fraction of sp³-hybridized carbons (Fsp3) is 0.250. The molecule has 76 valence electrons. The summed E-state index contributed by atoms with van der Waals surface area (Å²) in [5, 5.41) is 26.6. The van der Waals surface area contributed by atoms with Crippen molar-refractivity contribution in [1.82, 2.24) is 0 Å². The zero-order chi connectivity index (χ0) is 10.9. The molecular weight excluding hydrogens is 190 g/mol. The van der Waals surface area contributed by atoms with Gasteiger partial charge in [0, 0.05) is 12.1 Å². The number of carbonyl (C=O) groups is 2. The Balaban J connectivity index is 3.02. The lowest BCUT2D eigenvalue weighted by Gasteiger charge is -2.23. The van der Waals surface area contributed by atoms with E-state index in [0.717, 1.165) is 12.2 Å². The van der Waals surface area contributed by atoms with Crippen molar-refractivity contribution in [2.24, 2.45) is 5.73 Å². The second kappa shape index (κ2) is 3.15. The topological polar surface area (TPSA) is 121 Å². The Kier molecular flexibility index (Phi) is 2.31. The Morgan fingerprint density at radius 1 is 1.43 bits per heavy atom. The van der Waals surface area contributed by atoms with Crippen LogP contribution in [0.2, 0.25) is 0 Å². The van der Waals surface area contributed by atoms with Crippen LogP contribution in [0.25, 0.3) is 0 Å². The first-order valence-corrected chi connectivity index (χ1v) is 3.74. The van der Waals surface area contributed by atoms with Gasteiger partial charge in [-0.15, -0.1) is 0 Å². The van der Waals surface area contributed by atoms with Gasteiger partial charge in [0.25, 0.3) is 0 Å². The van der Waals surface area contributed by atoms with Gasteiger partial charge in [-0.3, -0.25) is 0 Å². The molecule has 0 spiro atoms. The lowest BCUT2D eigenvalue weighted by molar-refractivity contribution is -0.153. The minimum atomic E-state index is -2.09. The van der Waals surface area contributed by atoms with Crippen molar-refractivity contribution < 1.29 is 24.9 Å². The van der Waals surface area contributed by atoms with Gasteiger partial charge in [-0.25, -0.2) is 9.59 Å². The summed E-state index contributed by atoms with van der Waals surface area (Å²) in [6.07, 6.45) is 1.49. The molecule has 0 heterocycles. The van der Waals surface area contributed by atoms with E-state index in [1.807, 2.05) is 0 Å². The normalized spacial score (nSPS) is 26.4. The molecule has 0 bridgehead atoms. The average molecular weight is 199 g/mol. The molecule has 0 saturated carbocycles. The van der Waals surface area contributed by atoms with Gasteiger partial charge >= 0.3 is 11.9 Å². The van der Waals surface area contributed by atoms with Crippen molar-refractivity contribution in [3.05, 3.63) is 23.4 Å². The van der Waals surface area contributed by atoms with Crippen molar-refractivity contribution >= 4 is 11.9 Å². The lowest BCUT2D eigenvalue weighted by Crippen LogP contribution is -2.40. The van der Waals surface area contributed by atoms with E-state index in [1.54, 1.807) is 0 Å². The maximum Gasteiger partial charge on any atom is 0.340 e. The summed E-state index contributed by atoms with van der Waals surface area (Å²) in [4.78, 5) is 21.1. The summed E-state index contributed by atoms with van der Waals surface area (Å²) in [6.45, 7) is 0. The first-order chi connectivity index (χ1) is 6.37. The molecule has 0 amide bonds. The Morgan fingerprint density at radius 3 is 2.36 bits per heavy atom. The number of hydrogen-bond donors (Lipinski definition) is 4.